The molecule has 721 valence electrons. The number of piperidine rings is 5. The second-order valence-electron chi connectivity index (χ2n) is 33.0. The molecule has 33 heteroatoms. The van der Waals surface area contributed by atoms with Gasteiger partial charge < -0.3 is 102 Å². The Labute approximate surface area is 844 Å². The number of hydrogen-bond donors (Lipinski definition) is 3. The summed E-state index contributed by atoms with van der Waals surface area (Å²) >= 11 is 7.39. The van der Waals surface area contributed by atoms with E-state index in [1.54, 1.807) is 104 Å². The number of nitrogens with one attached hydrogen (secondary N) is 1. The molecule has 1 radical (unpaired) electrons. The van der Waals surface area contributed by atoms with E-state index in [2.05, 4.69) is 94.0 Å². The first-order chi connectivity index (χ1) is 66.2. The van der Waals surface area contributed by atoms with Crippen molar-refractivity contribution < 1.29 is 136 Å². The van der Waals surface area contributed by atoms with Crippen LogP contribution in [-0.2, 0) is 42.6 Å². The summed E-state index contributed by atoms with van der Waals surface area (Å²) in [5.41, 5.74) is 5.47. The van der Waals surface area contributed by atoms with Gasteiger partial charge in [0.1, 0.15) is 63.1 Å². The number of aliphatic hydroxyl groups is 1. The Morgan fingerprint density at radius 3 is 1.10 bits per heavy atom. The Morgan fingerprint density at radius 1 is 0.425 bits per heavy atom. The maximum Gasteiger partial charge on any atom is 0 e. The second kappa shape index (κ2) is 53.8. The number of amides is 1. The maximum atomic E-state index is 13.3. The van der Waals surface area contributed by atoms with Crippen molar-refractivity contribution in [2.75, 3.05) is 147 Å². The quantitative estimate of drug-likeness (QED) is 0.0296. The number of aromatic hydroxyl groups is 1. The molecule has 0 bridgehead atoms. The molecule has 0 aliphatic carbocycles. The SMILES string of the molecule is CN1CC[C@@H](c2ccc(F)cc2)[C@H](CO)C1.CN1CC[C@@H](c2ccc(F)cc2)[C@H](COS(=O)(=O)c2ccccc2)C1.[2H]C1([2H])Oc2ccc(O)cc2O1.[2H]C1([2H])Oc2ccc(OC[C@@H]3CN(C(C)=O)CC[C@H]3c3ccc(F)cc3)cc2O1.[2H]C1([2H])Oc2ccc(OC[C@@H]3CN(C)CC[C@H]3c3ccc(F)cc3)cc2O1.[2H]C1([2H])Oc2ccc(OC[C@@H]3CNCC[C@H]3c3ccc(F)cc3)cc2O1.[CH3-].[CH3-].[I][V]([I])[I].[V]. The Kier molecular flexibility index (Phi) is 38.6. The number of ether oxygens (including phenoxy) is 11. The van der Waals surface area contributed by atoms with Gasteiger partial charge in [-0.2, -0.15) is 8.42 Å². The van der Waals surface area contributed by atoms with Gasteiger partial charge in [0.15, 0.2) is 46.0 Å². The van der Waals surface area contributed by atoms with E-state index in [0.717, 1.165) is 112 Å². The van der Waals surface area contributed by atoms with Gasteiger partial charge in [-0.05, 0) is 258 Å². The van der Waals surface area contributed by atoms with Gasteiger partial charge in [-0.15, -0.1) is 0 Å². The van der Waals surface area contributed by atoms with Crippen molar-refractivity contribution in [3.05, 3.63) is 296 Å². The first kappa shape index (κ1) is 96.3. The largest absolute Gasteiger partial charge is 0 e. The van der Waals surface area contributed by atoms with E-state index in [4.69, 9.17) is 72.4 Å². The zero-order valence-corrected chi connectivity index (χ0v) is 85.0. The molecular formula is C101H116F5I3N5O17SV2-2. The van der Waals surface area contributed by atoms with Gasteiger partial charge in [0.25, 0.3) is 10.1 Å². The summed E-state index contributed by atoms with van der Waals surface area (Å²) in [5.74, 6) is 5.30. The molecule has 5 saturated heterocycles. The van der Waals surface area contributed by atoms with Crippen LogP contribution in [0, 0.1) is 73.5 Å². The molecule has 9 aliphatic heterocycles. The molecule has 10 aromatic carbocycles. The minimum atomic E-state index is -3.77. The van der Waals surface area contributed by atoms with E-state index < -0.39 is 37.1 Å². The van der Waals surface area contributed by atoms with Crippen molar-refractivity contribution in [2.24, 2.45) is 29.6 Å². The summed E-state index contributed by atoms with van der Waals surface area (Å²) in [4.78, 5) is 20.2. The monoisotopic (exact) mass is 2290 g/mol. The zero-order chi connectivity index (χ0) is 99.5. The van der Waals surface area contributed by atoms with E-state index in [0.29, 0.717) is 102 Å². The average Bonchev–Trinajstić information content (AvgIpc) is 1.50. The zero-order valence-electron chi connectivity index (χ0n) is 82.9. The van der Waals surface area contributed by atoms with E-state index >= 15 is 0 Å². The van der Waals surface area contributed by atoms with Crippen LogP contribution < -0.4 is 57.4 Å². The minimum absolute atomic E-state index is 0. The molecule has 0 spiro atoms. The molecule has 3 N–H and O–H groups in total. The number of benzene rings is 10. The molecule has 10 aromatic rings. The Hall–Kier alpha value is -8.01. The molecule has 0 aromatic heterocycles. The van der Waals surface area contributed by atoms with Crippen LogP contribution in [0.25, 0.3) is 0 Å². The molecule has 5 fully saturated rings. The number of carbonyl (C=O) groups is 1. The van der Waals surface area contributed by atoms with E-state index in [9.17, 15) is 40.3 Å². The Balaban J connectivity index is 0.000000176. The van der Waals surface area contributed by atoms with Crippen LogP contribution in [-0.4, -0.2) is 191 Å². The average molecular weight is 2290 g/mol. The van der Waals surface area contributed by atoms with Crippen LogP contribution in [0.2, 0.25) is 0 Å². The molecular weight excluding hydrogens is 2160 g/mol. The summed E-state index contributed by atoms with van der Waals surface area (Å²) in [5, 5.41) is 21.8. The van der Waals surface area contributed by atoms with Crippen molar-refractivity contribution in [3.8, 4) is 69.0 Å². The predicted octanol–water partition coefficient (Wildman–Crippen LogP) is 20.4. The van der Waals surface area contributed by atoms with Crippen LogP contribution in [0.5, 0.6) is 69.0 Å². The van der Waals surface area contributed by atoms with Gasteiger partial charge in [-0.3, -0.25) is 8.98 Å². The number of fused-ring (bicyclic) bond motifs is 4. The van der Waals surface area contributed by atoms with E-state index in [1.165, 1.54) is 91.0 Å². The van der Waals surface area contributed by atoms with Crippen LogP contribution >= 0.6 is 59.9 Å². The summed E-state index contributed by atoms with van der Waals surface area (Å²) < 4.78 is 213. The number of carbonyl (C=O) groups excluding carboxylic acids is 1. The van der Waals surface area contributed by atoms with Gasteiger partial charge in [0.05, 0.1) is 31.3 Å². The van der Waals surface area contributed by atoms with Gasteiger partial charge in [0, 0.05) is 125 Å². The maximum absolute atomic E-state index is 13.3. The van der Waals surface area contributed by atoms with Crippen molar-refractivity contribution in [1.29, 1.82) is 0 Å². The fourth-order valence-corrected chi connectivity index (χ4v) is 18.2. The van der Waals surface area contributed by atoms with Crippen molar-refractivity contribution in [1.82, 2.24) is 24.9 Å². The van der Waals surface area contributed by atoms with Crippen molar-refractivity contribution in [2.45, 2.75) is 73.5 Å². The van der Waals surface area contributed by atoms with Crippen LogP contribution in [0.3, 0.4) is 0 Å². The van der Waals surface area contributed by atoms with Crippen molar-refractivity contribution in [3.63, 3.8) is 0 Å². The summed E-state index contributed by atoms with van der Waals surface area (Å²) in [7, 11) is 2.41. The van der Waals surface area contributed by atoms with Crippen LogP contribution in [0.4, 0.5) is 22.0 Å². The third kappa shape index (κ3) is 32.0. The molecule has 10 atom stereocenters. The van der Waals surface area contributed by atoms with Gasteiger partial charge in [0.2, 0.25) is 32.9 Å². The number of phenolic OH excluding ortho intramolecular Hbond substituents is 1. The fraction of sp³-hybridized carbons (Fsp3) is 0.376. The van der Waals surface area contributed by atoms with E-state index in [-0.39, 0.29) is 150 Å². The topological polar surface area (TPSA) is 227 Å². The molecule has 1 amide bonds. The standard InChI is InChI=1S/C21H22FNO4.C20H22FNO3.C19H22FNO3S.C19H20FNO3.C13H18FNO.C7H6O3.2CH3.3HI.2V/c1-14(24)23-9-8-19(15-2-4-17(22)5-3-15)16(11-23)12-25-18-6-7-20-21(10-18)27-13-26-20;1-22-9-8-18(14-2-4-16(21)5-3-14)15(11-22)12-23-17-6-7-19-20(10-17)25-13-24-19;1-21-12-11-19(15-7-9-17(20)10-8-15)16(13-21)14-24-25(22,23)18-5-3-2-4-6-18;20-15-3-1-13(2-4-15)17-7-8-21-10-14(17)11-22-16-5-6-18-19(9-16)24-12-23-18;1-15-7-6-13(11(8-15)9-16)10-2-4-12(14)5-3-10;8-5-1-2-6-7(3-5)10-4-9-6;;;;;;;/h2-7,10,16,19H,8-9,11-13H2,1H3;2-7,10,15,18H,8-9,11-13H2,1H3;2-10,16,19H,11-14H2,1H3;1-6,9,14,17,21H,7-8,10-12H2;2-5,11,13,16H,6-9H2,1H3;1-3,8H,4H2;2*1H3;3*1H;;/q;;;;;;2*-1;;;;;+3/p-3/t16-,19-;15-,18-;16-,19-;14-,17-;11-,13-;;;;;;;;/m00000......../s1/i2*13D2;;12D2;;4D2;;;;;;;. The van der Waals surface area contributed by atoms with Gasteiger partial charge in [-0.25, -0.2) is 22.0 Å². The number of hydrogen-bond acceptors (Lipinski definition) is 21. The number of phenols is 1. The Morgan fingerprint density at radius 2 is 0.731 bits per heavy atom. The third-order valence-corrected chi connectivity index (χ3v) is 25.4. The first-order valence-corrected chi connectivity index (χ1v) is 57.9. The smallest absolute Gasteiger partial charge is 0 e. The molecule has 9 aliphatic rings. The Bertz CT molecular complexity index is 5810. The first-order valence-electron chi connectivity index (χ1n) is 46.9. The predicted molar refractivity (Wildman–Crippen MR) is 524 cm³/mol. The molecule has 0 saturated carbocycles. The van der Waals surface area contributed by atoms with Crippen LogP contribution in [0.1, 0.15) is 107 Å². The molecule has 9 heterocycles. The molecule has 19 rings (SSSR count). The molecule has 22 nitrogen and oxygen atoms in total. The number of aliphatic hydroxyl groups excluding tert-OH is 1. The normalized spacial score (nSPS) is 23.5. The number of nitrogens with zero attached hydrogens (tertiary/aromatic N) is 4. The molecule has 134 heavy (non-hydrogen) atoms. The summed E-state index contributed by atoms with van der Waals surface area (Å²) in [6, 6.07) is 60.4. The fourth-order valence-electron chi connectivity index (χ4n) is 17.3. The molecule has 0 unspecified atom stereocenters. The number of likely N-dealkylation sites (tertiary alicyclic amines) is 4. The number of rotatable bonds is 19. The summed E-state index contributed by atoms with van der Waals surface area (Å²) in [6.45, 7) is 3.17. The van der Waals surface area contributed by atoms with Crippen molar-refractivity contribution >= 4 is 76.0 Å². The minimum Gasteiger partial charge on any atom is 0 e. The van der Waals surface area contributed by atoms with Gasteiger partial charge >= 0.3 is 64.9 Å². The third-order valence-electron chi connectivity index (χ3n) is 24.1. The van der Waals surface area contributed by atoms with Gasteiger partial charge in [-0.1, -0.05) is 78.9 Å². The van der Waals surface area contributed by atoms with E-state index in [1.807, 2.05) is 48.3 Å². The van der Waals surface area contributed by atoms with Crippen LogP contribution in [0.15, 0.2) is 229 Å². The summed E-state index contributed by atoms with van der Waals surface area (Å²) in [6.07, 6.45) is 4.67. The number of halogens is 8. The second-order valence-corrected chi connectivity index (χ2v) is 69.9.